The third-order valence-corrected chi connectivity index (χ3v) is 6.34. The first-order valence-corrected chi connectivity index (χ1v) is 11.4. The van der Waals surface area contributed by atoms with Crippen molar-refractivity contribution in [2.75, 3.05) is 24.4 Å². The monoisotopic (exact) mass is 511 g/mol. The van der Waals surface area contributed by atoms with E-state index in [1.807, 2.05) is 58.0 Å². The van der Waals surface area contributed by atoms with Crippen molar-refractivity contribution >= 4 is 33.5 Å². The summed E-state index contributed by atoms with van der Waals surface area (Å²) < 4.78 is 13.8. The van der Waals surface area contributed by atoms with Gasteiger partial charge in [0.25, 0.3) is 5.91 Å². The van der Waals surface area contributed by atoms with E-state index in [2.05, 4.69) is 36.6 Å². The molecule has 0 aliphatic carbocycles. The van der Waals surface area contributed by atoms with Crippen LogP contribution in [0, 0.1) is 13.8 Å². The van der Waals surface area contributed by atoms with Crippen LogP contribution in [0.15, 0.2) is 52.4 Å². The first kappa shape index (κ1) is 22.8. The number of carbonyl (C=O) groups excluding carboxylic acids is 1. The topological polar surface area (TPSA) is 90.3 Å². The maximum atomic E-state index is 13.6. The van der Waals surface area contributed by atoms with Gasteiger partial charge < -0.3 is 20.1 Å². The average molecular weight is 512 g/mol. The molecule has 1 amide bonds. The molecule has 1 aliphatic heterocycles. The van der Waals surface area contributed by atoms with Crippen LogP contribution in [0.5, 0.6) is 11.5 Å². The zero-order valence-electron chi connectivity index (χ0n) is 19.2. The van der Waals surface area contributed by atoms with Crippen LogP contribution in [-0.2, 0) is 4.79 Å². The van der Waals surface area contributed by atoms with Crippen molar-refractivity contribution in [1.82, 2.24) is 14.8 Å². The molecule has 1 aliphatic rings. The number of allylic oxidation sites excluding steroid dienone is 1. The van der Waals surface area contributed by atoms with Crippen molar-refractivity contribution in [1.29, 1.82) is 0 Å². The zero-order chi connectivity index (χ0) is 23.7. The number of aryl methyl sites for hydroxylation is 1. The molecule has 0 saturated heterocycles. The Morgan fingerprint density at radius 2 is 2.06 bits per heavy atom. The number of aromatic nitrogens is 3. The number of rotatable bonds is 6. The lowest BCUT2D eigenvalue weighted by atomic mass is 9.94. The van der Waals surface area contributed by atoms with E-state index >= 15 is 0 Å². The average Bonchev–Trinajstić information content (AvgIpc) is 3.25. The smallest absolute Gasteiger partial charge is 0.255 e. The van der Waals surface area contributed by atoms with Crippen molar-refractivity contribution in [3.8, 4) is 11.5 Å². The van der Waals surface area contributed by atoms with E-state index in [4.69, 9.17) is 9.47 Å². The van der Waals surface area contributed by atoms with Gasteiger partial charge in [-0.2, -0.15) is 10.1 Å². The molecule has 0 spiro atoms. The van der Waals surface area contributed by atoms with Crippen molar-refractivity contribution < 1.29 is 14.3 Å². The molecule has 0 bridgehead atoms. The molecule has 2 N–H and O–H groups in total. The second kappa shape index (κ2) is 9.27. The van der Waals surface area contributed by atoms with Gasteiger partial charge in [-0.25, -0.2) is 4.68 Å². The minimum atomic E-state index is -0.519. The fraction of sp³-hybridized carbons (Fsp3) is 0.292. The van der Waals surface area contributed by atoms with Crippen LogP contribution in [-0.4, -0.2) is 34.4 Å². The largest absolute Gasteiger partial charge is 0.493 e. The fourth-order valence-corrected chi connectivity index (χ4v) is 4.53. The number of nitrogens with zero attached hydrogens (tertiary/aromatic N) is 3. The highest BCUT2D eigenvalue weighted by molar-refractivity contribution is 9.10. The first-order valence-electron chi connectivity index (χ1n) is 10.6. The van der Waals surface area contributed by atoms with Crippen LogP contribution in [0.25, 0.3) is 0 Å². The van der Waals surface area contributed by atoms with E-state index in [1.165, 1.54) is 6.33 Å². The molecule has 3 aromatic rings. The molecule has 1 atom stereocenters. The van der Waals surface area contributed by atoms with Crippen molar-refractivity contribution in [2.45, 2.75) is 33.7 Å². The SMILES string of the molecule is CCOc1c(Br)cc(C2C(C(=O)Nc3cccc(C)c3C)=C(C)Nc3ncnn32)cc1OC. The van der Waals surface area contributed by atoms with Gasteiger partial charge in [0.1, 0.15) is 12.4 Å². The molecule has 8 nitrogen and oxygen atoms in total. The summed E-state index contributed by atoms with van der Waals surface area (Å²) in [4.78, 5) is 17.9. The number of benzene rings is 2. The number of fused-ring (bicyclic) bond motifs is 1. The Balaban J connectivity index is 1.82. The van der Waals surface area contributed by atoms with E-state index in [9.17, 15) is 4.79 Å². The third-order valence-electron chi connectivity index (χ3n) is 5.75. The van der Waals surface area contributed by atoms with E-state index in [0.29, 0.717) is 35.3 Å². The minimum Gasteiger partial charge on any atom is -0.493 e. The van der Waals surface area contributed by atoms with Crippen LogP contribution >= 0.6 is 15.9 Å². The summed E-state index contributed by atoms with van der Waals surface area (Å²) in [6.07, 6.45) is 1.47. The van der Waals surface area contributed by atoms with Gasteiger partial charge in [0, 0.05) is 11.4 Å². The molecule has 172 valence electrons. The van der Waals surface area contributed by atoms with E-state index in [1.54, 1.807) is 11.8 Å². The number of carbonyl (C=O) groups is 1. The quantitative estimate of drug-likeness (QED) is 0.484. The molecule has 0 saturated carbocycles. The molecule has 1 aromatic heterocycles. The molecular weight excluding hydrogens is 486 g/mol. The summed E-state index contributed by atoms with van der Waals surface area (Å²) >= 11 is 3.60. The molecular formula is C24H26BrN5O3. The van der Waals surface area contributed by atoms with E-state index < -0.39 is 6.04 Å². The lowest BCUT2D eigenvalue weighted by Gasteiger charge is -2.29. The second-order valence-corrected chi connectivity index (χ2v) is 8.62. The van der Waals surface area contributed by atoms with Crippen molar-refractivity contribution in [3.63, 3.8) is 0 Å². The summed E-state index contributed by atoms with van der Waals surface area (Å²) in [6, 6.07) is 9.13. The van der Waals surface area contributed by atoms with Crippen molar-refractivity contribution in [2.24, 2.45) is 0 Å². The number of amides is 1. The molecule has 2 heterocycles. The van der Waals surface area contributed by atoms with Crippen LogP contribution in [0.1, 0.15) is 36.6 Å². The zero-order valence-corrected chi connectivity index (χ0v) is 20.8. The van der Waals surface area contributed by atoms with Crippen LogP contribution in [0.4, 0.5) is 11.6 Å². The minimum absolute atomic E-state index is 0.219. The lowest BCUT2D eigenvalue weighted by molar-refractivity contribution is -0.113. The number of halogens is 1. The highest BCUT2D eigenvalue weighted by Gasteiger charge is 2.34. The maximum Gasteiger partial charge on any atom is 0.255 e. The Kier molecular flexibility index (Phi) is 6.42. The molecule has 1 unspecified atom stereocenters. The Labute approximate surface area is 201 Å². The Morgan fingerprint density at radius 1 is 1.27 bits per heavy atom. The van der Waals surface area contributed by atoms with Crippen LogP contribution in [0.2, 0.25) is 0 Å². The Bertz CT molecular complexity index is 1250. The summed E-state index contributed by atoms with van der Waals surface area (Å²) in [6.45, 7) is 8.29. The van der Waals surface area contributed by atoms with Gasteiger partial charge in [-0.05, 0) is 78.5 Å². The normalized spacial score (nSPS) is 15.0. The molecule has 0 fully saturated rings. The summed E-state index contributed by atoms with van der Waals surface area (Å²) in [7, 11) is 1.59. The van der Waals surface area contributed by atoms with Gasteiger partial charge in [-0.15, -0.1) is 0 Å². The van der Waals surface area contributed by atoms with Gasteiger partial charge >= 0.3 is 0 Å². The fourth-order valence-electron chi connectivity index (χ4n) is 3.95. The van der Waals surface area contributed by atoms with Crippen molar-refractivity contribution in [3.05, 3.63) is 69.1 Å². The summed E-state index contributed by atoms with van der Waals surface area (Å²) in [5.74, 6) is 1.51. The van der Waals surface area contributed by atoms with Crippen LogP contribution in [0.3, 0.4) is 0 Å². The van der Waals surface area contributed by atoms with Gasteiger partial charge in [-0.3, -0.25) is 4.79 Å². The lowest BCUT2D eigenvalue weighted by Crippen LogP contribution is -2.31. The molecule has 2 aromatic carbocycles. The van der Waals surface area contributed by atoms with E-state index in [0.717, 1.165) is 26.9 Å². The standard InChI is InChI=1S/C24H26BrN5O3/c1-6-33-22-17(25)10-16(11-19(22)32-5)21-20(15(4)28-24-26-12-27-30(21)24)23(31)29-18-9-7-8-13(2)14(18)3/h7-12,21H,6H2,1-5H3,(H,29,31)(H,26,27,28). The number of hydrogen-bond donors (Lipinski definition) is 2. The van der Waals surface area contributed by atoms with E-state index in [-0.39, 0.29) is 5.91 Å². The molecule has 4 rings (SSSR count). The number of anilines is 2. The maximum absolute atomic E-state index is 13.6. The van der Waals surface area contributed by atoms with Gasteiger partial charge in [0.15, 0.2) is 11.5 Å². The Morgan fingerprint density at radius 3 is 2.79 bits per heavy atom. The molecule has 0 radical (unpaired) electrons. The molecule has 9 heteroatoms. The molecule has 33 heavy (non-hydrogen) atoms. The predicted molar refractivity (Wildman–Crippen MR) is 131 cm³/mol. The number of ether oxygens (including phenoxy) is 2. The third kappa shape index (κ3) is 4.20. The van der Waals surface area contributed by atoms with Gasteiger partial charge in [0.05, 0.1) is 23.8 Å². The second-order valence-electron chi connectivity index (χ2n) is 7.76. The highest BCUT2D eigenvalue weighted by atomic mass is 79.9. The Hall–Kier alpha value is -3.33. The van der Waals surface area contributed by atoms with Gasteiger partial charge in [0.2, 0.25) is 5.95 Å². The first-order chi connectivity index (χ1) is 15.8. The van der Waals surface area contributed by atoms with Gasteiger partial charge in [-0.1, -0.05) is 12.1 Å². The number of methoxy groups -OCH3 is 1. The highest BCUT2D eigenvalue weighted by Crippen LogP contribution is 2.42. The summed E-state index contributed by atoms with van der Waals surface area (Å²) in [5, 5.41) is 10.7. The van der Waals surface area contributed by atoms with Crippen LogP contribution < -0.4 is 20.1 Å². The summed E-state index contributed by atoms with van der Waals surface area (Å²) in [5.41, 5.74) is 4.95. The number of hydrogen-bond acceptors (Lipinski definition) is 6. The predicted octanol–water partition coefficient (Wildman–Crippen LogP) is 4.99. The number of nitrogens with one attached hydrogen (secondary N) is 2.